The number of nitrogens with one attached hydrogen (secondary N) is 1. The maximum absolute atomic E-state index is 5.91. The van der Waals surface area contributed by atoms with Crippen molar-refractivity contribution in [2.45, 2.75) is 6.04 Å². The summed E-state index contributed by atoms with van der Waals surface area (Å²) >= 11 is 5.91. The molecule has 1 aromatic carbocycles. The first-order chi connectivity index (χ1) is 9.29. The van der Waals surface area contributed by atoms with Crippen molar-refractivity contribution in [3.8, 4) is 0 Å². The van der Waals surface area contributed by atoms with Gasteiger partial charge < -0.3 is 0 Å². The first-order valence-corrected chi connectivity index (χ1v) is 6.31. The normalized spacial score (nSPS) is 12.7. The lowest BCUT2D eigenvalue weighted by atomic mass is 10.0. The van der Waals surface area contributed by atoms with E-state index in [2.05, 4.69) is 10.5 Å². The van der Waals surface area contributed by atoms with Crippen molar-refractivity contribution >= 4 is 17.1 Å². The number of fused-ring (bicyclic) bond motifs is 1. The molecule has 0 saturated carbocycles. The molecule has 3 rings (SSSR count). The van der Waals surface area contributed by atoms with Crippen LogP contribution in [0.15, 0.2) is 54.9 Å². The predicted octanol–water partition coefficient (Wildman–Crippen LogP) is 2.54. The van der Waals surface area contributed by atoms with Crippen LogP contribution in [0.2, 0.25) is 5.02 Å². The van der Waals surface area contributed by atoms with Gasteiger partial charge in [0, 0.05) is 16.8 Å². The molecule has 0 radical (unpaired) electrons. The van der Waals surface area contributed by atoms with Crippen LogP contribution >= 0.6 is 11.6 Å². The second kappa shape index (κ2) is 5.01. The Morgan fingerprint density at radius 1 is 1.16 bits per heavy atom. The molecule has 1 unspecified atom stereocenters. The molecular weight excluding hydrogens is 260 g/mol. The molecule has 0 amide bonds. The third-order valence-electron chi connectivity index (χ3n) is 3.14. The first-order valence-electron chi connectivity index (χ1n) is 5.93. The molecule has 0 bridgehead atoms. The van der Waals surface area contributed by atoms with Gasteiger partial charge >= 0.3 is 0 Å². The molecule has 5 heteroatoms. The van der Waals surface area contributed by atoms with Crippen LogP contribution in [0.4, 0.5) is 0 Å². The van der Waals surface area contributed by atoms with Gasteiger partial charge in [0.05, 0.1) is 17.8 Å². The van der Waals surface area contributed by atoms with E-state index < -0.39 is 0 Å². The molecule has 3 N–H and O–H groups in total. The molecule has 19 heavy (non-hydrogen) atoms. The van der Waals surface area contributed by atoms with E-state index in [0.717, 1.165) is 16.6 Å². The molecule has 4 nitrogen and oxygen atoms in total. The van der Waals surface area contributed by atoms with E-state index in [1.807, 2.05) is 59.4 Å². The Hall–Kier alpha value is -1.88. The number of nitrogens with two attached hydrogens (primary N) is 1. The minimum Gasteiger partial charge on any atom is -0.271 e. The Balaban J connectivity index is 2.09. The smallest absolute Gasteiger partial charge is 0.0747 e. The molecule has 0 saturated heterocycles. The standard InChI is InChI=1S/C14H13ClN4/c15-11-6-4-10(5-7-11)14(18-16)12-9-17-19-8-2-1-3-13(12)19/h1-9,14,18H,16H2. The van der Waals surface area contributed by atoms with E-state index in [1.165, 1.54) is 0 Å². The fraction of sp³-hybridized carbons (Fsp3) is 0.0714. The highest BCUT2D eigenvalue weighted by Crippen LogP contribution is 2.25. The van der Waals surface area contributed by atoms with Gasteiger partial charge in [0.15, 0.2) is 0 Å². The Morgan fingerprint density at radius 2 is 1.95 bits per heavy atom. The number of aromatic nitrogens is 2. The van der Waals surface area contributed by atoms with Gasteiger partial charge in [0.1, 0.15) is 0 Å². The monoisotopic (exact) mass is 272 g/mol. The molecule has 2 aromatic heterocycles. The summed E-state index contributed by atoms with van der Waals surface area (Å²) in [5.74, 6) is 5.71. The van der Waals surface area contributed by atoms with Crippen LogP contribution in [0, 0.1) is 0 Å². The molecular formula is C14H13ClN4. The van der Waals surface area contributed by atoms with E-state index >= 15 is 0 Å². The van der Waals surface area contributed by atoms with Gasteiger partial charge in [-0.15, -0.1) is 0 Å². The SMILES string of the molecule is NNC(c1ccc(Cl)cc1)c1cnn2ccccc12. The Kier molecular flexibility index (Phi) is 3.21. The second-order valence-electron chi connectivity index (χ2n) is 4.28. The molecule has 0 spiro atoms. The zero-order chi connectivity index (χ0) is 13.2. The third-order valence-corrected chi connectivity index (χ3v) is 3.39. The number of pyridine rings is 1. The van der Waals surface area contributed by atoms with Gasteiger partial charge in [-0.2, -0.15) is 5.10 Å². The fourth-order valence-electron chi connectivity index (χ4n) is 2.20. The van der Waals surface area contributed by atoms with Gasteiger partial charge in [0.2, 0.25) is 0 Å². The maximum atomic E-state index is 5.91. The average Bonchev–Trinajstić information content (AvgIpc) is 2.86. The van der Waals surface area contributed by atoms with E-state index in [-0.39, 0.29) is 6.04 Å². The summed E-state index contributed by atoms with van der Waals surface area (Å²) in [5.41, 5.74) is 5.94. The van der Waals surface area contributed by atoms with Crippen LogP contribution in [0.1, 0.15) is 17.2 Å². The zero-order valence-electron chi connectivity index (χ0n) is 10.1. The first kappa shape index (κ1) is 12.2. The molecule has 0 aliphatic carbocycles. The van der Waals surface area contributed by atoms with Crippen molar-refractivity contribution in [1.29, 1.82) is 0 Å². The number of benzene rings is 1. The van der Waals surface area contributed by atoms with Crippen LogP contribution in [0.25, 0.3) is 5.52 Å². The number of nitrogens with zero attached hydrogens (tertiary/aromatic N) is 2. The van der Waals surface area contributed by atoms with Gasteiger partial charge in [-0.05, 0) is 29.8 Å². The quantitative estimate of drug-likeness (QED) is 0.569. The van der Waals surface area contributed by atoms with Crippen molar-refractivity contribution in [1.82, 2.24) is 15.0 Å². The summed E-state index contributed by atoms with van der Waals surface area (Å²) in [6.45, 7) is 0. The van der Waals surface area contributed by atoms with Gasteiger partial charge in [0.25, 0.3) is 0 Å². The van der Waals surface area contributed by atoms with Gasteiger partial charge in [-0.1, -0.05) is 29.8 Å². The Labute approximate surface area is 115 Å². The van der Waals surface area contributed by atoms with Crippen LogP contribution < -0.4 is 11.3 Å². The van der Waals surface area contributed by atoms with Crippen LogP contribution in [0.3, 0.4) is 0 Å². The molecule has 2 heterocycles. The highest BCUT2D eigenvalue weighted by atomic mass is 35.5. The fourth-order valence-corrected chi connectivity index (χ4v) is 2.32. The molecule has 0 fully saturated rings. The zero-order valence-corrected chi connectivity index (χ0v) is 10.9. The average molecular weight is 273 g/mol. The summed E-state index contributed by atoms with van der Waals surface area (Å²) < 4.78 is 1.83. The minimum absolute atomic E-state index is 0.114. The lowest BCUT2D eigenvalue weighted by Crippen LogP contribution is -2.28. The van der Waals surface area contributed by atoms with Crippen molar-refractivity contribution in [2.24, 2.45) is 5.84 Å². The Bertz CT molecular complexity index is 690. The van der Waals surface area contributed by atoms with E-state index in [9.17, 15) is 0 Å². The number of hydrogen-bond donors (Lipinski definition) is 2. The van der Waals surface area contributed by atoms with E-state index in [1.54, 1.807) is 0 Å². The molecule has 1 atom stereocenters. The largest absolute Gasteiger partial charge is 0.271 e. The highest BCUT2D eigenvalue weighted by molar-refractivity contribution is 6.30. The van der Waals surface area contributed by atoms with Crippen LogP contribution in [-0.2, 0) is 0 Å². The summed E-state index contributed by atoms with van der Waals surface area (Å²) in [4.78, 5) is 0. The van der Waals surface area contributed by atoms with Crippen molar-refractivity contribution in [3.05, 3.63) is 71.0 Å². The lowest BCUT2D eigenvalue weighted by molar-refractivity contribution is 0.641. The number of hydrazine groups is 1. The van der Waals surface area contributed by atoms with E-state index in [4.69, 9.17) is 17.4 Å². The number of halogens is 1. The predicted molar refractivity (Wildman–Crippen MR) is 75.8 cm³/mol. The van der Waals surface area contributed by atoms with Gasteiger partial charge in [-0.25, -0.2) is 9.94 Å². The van der Waals surface area contributed by atoms with Crippen molar-refractivity contribution < 1.29 is 0 Å². The molecule has 3 aromatic rings. The van der Waals surface area contributed by atoms with Crippen molar-refractivity contribution in [2.75, 3.05) is 0 Å². The molecule has 0 aliphatic rings. The van der Waals surface area contributed by atoms with Gasteiger partial charge in [-0.3, -0.25) is 5.84 Å². The number of rotatable bonds is 3. The maximum Gasteiger partial charge on any atom is 0.0747 e. The Morgan fingerprint density at radius 3 is 2.68 bits per heavy atom. The summed E-state index contributed by atoms with van der Waals surface area (Å²) in [6, 6.07) is 13.4. The second-order valence-corrected chi connectivity index (χ2v) is 4.72. The molecule has 0 aliphatic heterocycles. The van der Waals surface area contributed by atoms with Crippen LogP contribution in [-0.4, -0.2) is 9.61 Å². The lowest BCUT2D eigenvalue weighted by Gasteiger charge is -2.15. The molecule has 96 valence electrons. The summed E-state index contributed by atoms with van der Waals surface area (Å²) in [6.07, 6.45) is 3.74. The van der Waals surface area contributed by atoms with Crippen LogP contribution in [0.5, 0.6) is 0 Å². The third kappa shape index (κ3) is 2.21. The minimum atomic E-state index is -0.114. The number of hydrogen-bond acceptors (Lipinski definition) is 3. The van der Waals surface area contributed by atoms with E-state index in [0.29, 0.717) is 5.02 Å². The topological polar surface area (TPSA) is 55.3 Å². The summed E-state index contributed by atoms with van der Waals surface area (Å²) in [5, 5.41) is 5.03. The highest BCUT2D eigenvalue weighted by Gasteiger charge is 2.16. The van der Waals surface area contributed by atoms with Crippen molar-refractivity contribution in [3.63, 3.8) is 0 Å². The summed E-state index contributed by atoms with van der Waals surface area (Å²) in [7, 11) is 0.